The van der Waals surface area contributed by atoms with Gasteiger partial charge in [0.15, 0.2) is 0 Å². The van der Waals surface area contributed by atoms with Crippen molar-refractivity contribution in [1.29, 1.82) is 0 Å². The summed E-state index contributed by atoms with van der Waals surface area (Å²) in [7, 11) is 4.14. The lowest BCUT2D eigenvalue weighted by atomic mass is 10.1. The first kappa shape index (κ1) is 14.6. The van der Waals surface area contributed by atoms with Crippen LogP contribution in [0.25, 0.3) is 16.9 Å². The number of nitrogens with zero attached hydrogens (tertiary/aromatic N) is 3. The monoisotopic (exact) mass is 295 g/mol. The molecule has 0 amide bonds. The Bertz CT molecular complexity index is 777. The number of para-hydroxylation sites is 1. The summed E-state index contributed by atoms with van der Waals surface area (Å²) in [5.41, 5.74) is 4.17. The minimum Gasteiger partial charge on any atom is -0.493 e. The lowest BCUT2D eigenvalue weighted by molar-refractivity contribution is 0.341. The number of hydrogen-bond donors (Lipinski definition) is 0. The number of hydrogen-bond acceptors (Lipinski definition) is 3. The molecule has 2 aromatic heterocycles. The van der Waals surface area contributed by atoms with Gasteiger partial charge in [-0.25, -0.2) is 4.98 Å². The van der Waals surface area contributed by atoms with Crippen molar-refractivity contribution in [3.63, 3.8) is 0 Å². The normalized spacial score (nSPS) is 11.3. The molecule has 0 aliphatic heterocycles. The highest BCUT2D eigenvalue weighted by Crippen LogP contribution is 2.32. The molecule has 0 bridgehead atoms. The van der Waals surface area contributed by atoms with E-state index in [0.717, 1.165) is 29.2 Å². The van der Waals surface area contributed by atoms with Gasteiger partial charge in [-0.15, -0.1) is 0 Å². The Kier molecular flexibility index (Phi) is 4.11. The van der Waals surface area contributed by atoms with Crippen LogP contribution in [-0.2, 0) is 6.54 Å². The van der Waals surface area contributed by atoms with Crippen LogP contribution in [0.5, 0.6) is 5.75 Å². The number of fused-ring (bicyclic) bond motifs is 1. The van der Waals surface area contributed by atoms with Crippen LogP contribution in [0.1, 0.15) is 12.6 Å². The third-order valence-corrected chi connectivity index (χ3v) is 3.54. The van der Waals surface area contributed by atoms with E-state index in [9.17, 15) is 0 Å². The molecule has 0 spiro atoms. The van der Waals surface area contributed by atoms with Crippen LogP contribution in [0.15, 0.2) is 48.7 Å². The van der Waals surface area contributed by atoms with Crippen LogP contribution >= 0.6 is 0 Å². The first-order chi connectivity index (χ1) is 10.7. The second-order valence-corrected chi connectivity index (χ2v) is 5.50. The average molecular weight is 295 g/mol. The lowest BCUT2D eigenvalue weighted by Crippen LogP contribution is -2.13. The molecule has 0 saturated heterocycles. The van der Waals surface area contributed by atoms with Gasteiger partial charge in [-0.2, -0.15) is 0 Å². The molecule has 1 aromatic carbocycles. The van der Waals surface area contributed by atoms with Gasteiger partial charge in [-0.3, -0.25) is 0 Å². The van der Waals surface area contributed by atoms with Crippen LogP contribution < -0.4 is 4.74 Å². The molecule has 0 aliphatic carbocycles. The van der Waals surface area contributed by atoms with E-state index in [-0.39, 0.29) is 0 Å². The number of aromatic nitrogens is 2. The zero-order valence-electron chi connectivity index (χ0n) is 13.3. The van der Waals surface area contributed by atoms with Gasteiger partial charge < -0.3 is 14.0 Å². The molecule has 0 N–H and O–H groups in total. The maximum Gasteiger partial charge on any atom is 0.137 e. The Labute approximate surface area is 131 Å². The van der Waals surface area contributed by atoms with Gasteiger partial charge in [0.2, 0.25) is 0 Å². The molecule has 2 heterocycles. The number of rotatable bonds is 5. The van der Waals surface area contributed by atoms with E-state index in [4.69, 9.17) is 9.72 Å². The lowest BCUT2D eigenvalue weighted by Gasteiger charge is -2.13. The largest absolute Gasteiger partial charge is 0.493 e. The summed E-state index contributed by atoms with van der Waals surface area (Å²) >= 11 is 0. The van der Waals surface area contributed by atoms with E-state index < -0.39 is 0 Å². The second kappa shape index (κ2) is 6.20. The number of pyridine rings is 1. The molecule has 0 unspecified atom stereocenters. The SMILES string of the molecule is CCOc1ccccc1-c1nc2ccccn2c1CN(C)C. The van der Waals surface area contributed by atoms with Gasteiger partial charge in [0, 0.05) is 18.3 Å². The first-order valence-corrected chi connectivity index (χ1v) is 7.53. The van der Waals surface area contributed by atoms with Crippen molar-refractivity contribution >= 4 is 5.65 Å². The molecule has 0 aliphatic rings. The fourth-order valence-corrected chi connectivity index (χ4v) is 2.66. The van der Waals surface area contributed by atoms with Crippen molar-refractivity contribution < 1.29 is 4.74 Å². The third-order valence-electron chi connectivity index (χ3n) is 3.54. The predicted molar refractivity (Wildman–Crippen MR) is 89.2 cm³/mol. The van der Waals surface area contributed by atoms with Gasteiger partial charge in [-0.1, -0.05) is 18.2 Å². The highest BCUT2D eigenvalue weighted by atomic mass is 16.5. The van der Waals surface area contributed by atoms with Crippen LogP contribution in [0.4, 0.5) is 0 Å². The van der Waals surface area contributed by atoms with E-state index in [1.54, 1.807) is 0 Å². The Hall–Kier alpha value is -2.33. The van der Waals surface area contributed by atoms with E-state index in [2.05, 4.69) is 35.7 Å². The Morgan fingerprint density at radius 3 is 2.64 bits per heavy atom. The number of benzene rings is 1. The number of ether oxygens (including phenoxy) is 1. The maximum atomic E-state index is 5.78. The van der Waals surface area contributed by atoms with Gasteiger partial charge in [0.1, 0.15) is 11.4 Å². The average Bonchev–Trinajstić information content (AvgIpc) is 2.86. The van der Waals surface area contributed by atoms with Crippen LogP contribution in [0.3, 0.4) is 0 Å². The molecule has 114 valence electrons. The van der Waals surface area contributed by atoms with Crippen LogP contribution in [0, 0.1) is 0 Å². The van der Waals surface area contributed by atoms with Crippen LogP contribution in [0.2, 0.25) is 0 Å². The zero-order valence-corrected chi connectivity index (χ0v) is 13.3. The van der Waals surface area contributed by atoms with Gasteiger partial charge in [0.25, 0.3) is 0 Å². The van der Waals surface area contributed by atoms with Gasteiger partial charge >= 0.3 is 0 Å². The van der Waals surface area contributed by atoms with Crippen molar-refractivity contribution in [2.24, 2.45) is 0 Å². The van der Waals surface area contributed by atoms with Crippen molar-refractivity contribution in [2.75, 3.05) is 20.7 Å². The van der Waals surface area contributed by atoms with Crippen molar-refractivity contribution in [2.45, 2.75) is 13.5 Å². The van der Waals surface area contributed by atoms with E-state index in [0.29, 0.717) is 6.61 Å². The quantitative estimate of drug-likeness (QED) is 0.722. The molecule has 0 saturated carbocycles. The first-order valence-electron chi connectivity index (χ1n) is 7.53. The fraction of sp³-hybridized carbons (Fsp3) is 0.278. The second-order valence-electron chi connectivity index (χ2n) is 5.50. The summed E-state index contributed by atoms with van der Waals surface area (Å²) in [6.45, 7) is 3.47. The molecule has 0 radical (unpaired) electrons. The molecule has 3 aromatic rings. The molecule has 0 fully saturated rings. The standard InChI is InChI=1S/C18H21N3O/c1-4-22-16-10-6-5-9-14(16)18-15(13-20(2)3)21-12-8-7-11-17(21)19-18/h5-12H,4,13H2,1-3H3. The van der Waals surface area contributed by atoms with E-state index in [1.807, 2.05) is 43.3 Å². The van der Waals surface area contributed by atoms with Crippen LogP contribution in [-0.4, -0.2) is 35.0 Å². The predicted octanol–water partition coefficient (Wildman–Crippen LogP) is 3.46. The fourth-order valence-electron chi connectivity index (χ4n) is 2.66. The smallest absolute Gasteiger partial charge is 0.137 e. The van der Waals surface area contributed by atoms with Gasteiger partial charge in [-0.05, 0) is 45.3 Å². The summed E-state index contributed by atoms with van der Waals surface area (Å²) in [6, 6.07) is 14.2. The summed E-state index contributed by atoms with van der Waals surface area (Å²) in [5.74, 6) is 0.883. The highest BCUT2D eigenvalue weighted by molar-refractivity contribution is 5.72. The Balaban J connectivity index is 2.22. The molecule has 22 heavy (non-hydrogen) atoms. The van der Waals surface area contributed by atoms with E-state index >= 15 is 0 Å². The molecule has 4 nitrogen and oxygen atoms in total. The topological polar surface area (TPSA) is 29.8 Å². The summed E-state index contributed by atoms with van der Waals surface area (Å²) in [4.78, 5) is 6.99. The summed E-state index contributed by atoms with van der Waals surface area (Å²) in [5, 5.41) is 0. The zero-order chi connectivity index (χ0) is 15.5. The number of imidazole rings is 1. The summed E-state index contributed by atoms with van der Waals surface area (Å²) in [6.07, 6.45) is 2.06. The highest BCUT2D eigenvalue weighted by Gasteiger charge is 2.17. The van der Waals surface area contributed by atoms with Crippen molar-refractivity contribution in [1.82, 2.24) is 14.3 Å². The third kappa shape index (κ3) is 2.70. The Morgan fingerprint density at radius 2 is 1.86 bits per heavy atom. The molecule has 4 heteroatoms. The van der Waals surface area contributed by atoms with E-state index in [1.165, 1.54) is 5.69 Å². The van der Waals surface area contributed by atoms with Gasteiger partial charge in [0.05, 0.1) is 18.0 Å². The Morgan fingerprint density at radius 1 is 1.09 bits per heavy atom. The van der Waals surface area contributed by atoms with Crippen molar-refractivity contribution in [3.05, 3.63) is 54.4 Å². The van der Waals surface area contributed by atoms with Crippen molar-refractivity contribution in [3.8, 4) is 17.0 Å². The molecule has 0 atom stereocenters. The molecular formula is C18H21N3O. The molecular weight excluding hydrogens is 274 g/mol. The minimum absolute atomic E-state index is 0.646. The minimum atomic E-state index is 0.646. The summed E-state index contributed by atoms with van der Waals surface area (Å²) < 4.78 is 7.94. The molecule has 3 rings (SSSR count). The maximum absolute atomic E-state index is 5.78.